The zero-order chi connectivity index (χ0) is 21.5. The number of ether oxygens (including phenoxy) is 5. The largest absolute Gasteiger partial charge is 0.429 e. The number of alkyl halides is 2. The highest BCUT2D eigenvalue weighted by Gasteiger charge is 2.28. The molecule has 30 heavy (non-hydrogen) atoms. The third-order valence-corrected chi connectivity index (χ3v) is 5.28. The Morgan fingerprint density at radius 1 is 0.900 bits per heavy atom. The molecule has 2 aliphatic rings. The molecule has 9 heteroatoms. The highest BCUT2D eigenvalue weighted by Crippen LogP contribution is 2.32. The average Bonchev–Trinajstić information content (AvgIpc) is 2.74. The predicted molar refractivity (Wildman–Crippen MR) is 99.1 cm³/mol. The Morgan fingerprint density at radius 3 is 2.03 bits per heavy atom. The first kappa shape index (κ1) is 23.2. The molecule has 0 N–H and O–H groups in total. The van der Waals surface area contributed by atoms with Crippen molar-refractivity contribution in [2.75, 3.05) is 26.4 Å². The standard InChI is InChI=1S/C21H28F4O5/c1-2-3-4-13-9-26-18(27-10-13)6-5-14-11-28-20(29-12-14)15-7-16(22)19(17(23)8-15)30-21(24)25/h7-8,13-14,18,20-21H,2-6,9-12H2,1H3/t13-,14-,18-,20-. The number of halogens is 4. The summed E-state index contributed by atoms with van der Waals surface area (Å²) in [5.74, 6) is -3.03. The van der Waals surface area contributed by atoms with Gasteiger partial charge >= 0.3 is 6.61 Å². The molecule has 0 unspecified atom stereocenters. The summed E-state index contributed by atoms with van der Waals surface area (Å²) in [6.45, 7) is 0.960. The van der Waals surface area contributed by atoms with Crippen molar-refractivity contribution in [3.63, 3.8) is 0 Å². The molecule has 0 radical (unpaired) electrons. The predicted octanol–water partition coefficient (Wildman–Crippen LogP) is 5.19. The van der Waals surface area contributed by atoms with Crippen LogP contribution in [0.5, 0.6) is 5.75 Å². The van der Waals surface area contributed by atoms with E-state index in [0.29, 0.717) is 38.8 Å². The van der Waals surface area contributed by atoms with Crippen molar-refractivity contribution in [3.8, 4) is 5.75 Å². The van der Waals surface area contributed by atoms with Crippen molar-refractivity contribution in [2.24, 2.45) is 11.8 Å². The number of hydrogen-bond donors (Lipinski definition) is 0. The molecule has 0 aliphatic carbocycles. The van der Waals surface area contributed by atoms with Gasteiger partial charge in [0, 0.05) is 17.4 Å². The molecule has 0 spiro atoms. The maximum atomic E-state index is 13.9. The lowest BCUT2D eigenvalue weighted by molar-refractivity contribution is -0.220. The van der Waals surface area contributed by atoms with E-state index in [0.717, 1.165) is 31.4 Å². The van der Waals surface area contributed by atoms with Gasteiger partial charge in [-0.15, -0.1) is 0 Å². The van der Waals surface area contributed by atoms with E-state index in [-0.39, 0.29) is 17.8 Å². The minimum atomic E-state index is -3.32. The summed E-state index contributed by atoms with van der Waals surface area (Å²) in [6, 6.07) is 1.76. The number of hydrogen-bond acceptors (Lipinski definition) is 5. The Labute approximate surface area is 173 Å². The first-order valence-electron chi connectivity index (χ1n) is 10.4. The monoisotopic (exact) mass is 436 g/mol. The molecular weight excluding hydrogens is 408 g/mol. The minimum Gasteiger partial charge on any atom is -0.429 e. The van der Waals surface area contributed by atoms with E-state index in [9.17, 15) is 17.6 Å². The van der Waals surface area contributed by atoms with Crippen LogP contribution in [-0.4, -0.2) is 39.3 Å². The Kier molecular flexibility index (Phi) is 8.73. The van der Waals surface area contributed by atoms with Crippen LogP contribution in [0.25, 0.3) is 0 Å². The van der Waals surface area contributed by atoms with Crippen molar-refractivity contribution in [3.05, 3.63) is 29.3 Å². The first-order valence-corrected chi connectivity index (χ1v) is 10.4. The molecule has 1 aromatic rings. The number of unbranched alkanes of at least 4 members (excludes halogenated alkanes) is 1. The van der Waals surface area contributed by atoms with Gasteiger partial charge in [0.1, 0.15) is 0 Å². The summed E-state index contributed by atoms with van der Waals surface area (Å²) in [6.07, 6.45) is 3.74. The molecule has 1 aromatic carbocycles. The maximum Gasteiger partial charge on any atom is 0.387 e. The lowest BCUT2D eigenvalue weighted by atomic mass is 10.0. The fourth-order valence-electron chi connectivity index (χ4n) is 3.60. The minimum absolute atomic E-state index is 0.0714. The first-order chi connectivity index (χ1) is 14.5. The molecule has 3 rings (SSSR count). The van der Waals surface area contributed by atoms with E-state index in [1.807, 2.05) is 0 Å². The van der Waals surface area contributed by atoms with Gasteiger partial charge in [-0.1, -0.05) is 19.8 Å². The van der Waals surface area contributed by atoms with Gasteiger partial charge in [-0.2, -0.15) is 8.78 Å². The van der Waals surface area contributed by atoms with Gasteiger partial charge in [0.05, 0.1) is 26.4 Å². The molecule has 2 saturated heterocycles. The number of benzene rings is 1. The third-order valence-electron chi connectivity index (χ3n) is 5.28. The van der Waals surface area contributed by atoms with E-state index >= 15 is 0 Å². The van der Waals surface area contributed by atoms with Crippen LogP contribution in [0.1, 0.15) is 50.9 Å². The summed E-state index contributed by atoms with van der Waals surface area (Å²) in [4.78, 5) is 0. The molecule has 0 bridgehead atoms. The number of rotatable bonds is 9. The Morgan fingerprint density at radius 2 is 1.47 bits per heavy atom. The smallest absolute Gasteiger partial charge is 0.387 e. The summed E-state index contributed by atoms with van der Waals surface area (Å²) < 4.78 is 78.8. The van der Waals surface area contributed by atoms with Gasteiger partial charge in [0.15, 0.2) is 30.0 Å². The van der Waals surface area contributed by atoms with Gasteiger partial charge in [0.25, 0.3) is 0 Å². The van der Waals surface area contributed by atoms with Crippen LogP contribution in [-0.2, 0) is 18.9 Å². The summed E-state index contributed by atoms with van der Waals surface area (Å²) >= 11 is 0. The third kappa shape index (κ3) is 6.54. The van der Waals surface area contributed by atoms with Gasteiger partial charge in [-0.05, 0) is 31.4 Å². The second kappa shape index (κ2) is 11.3. The topological polar surface area (TPSA) is 46.2 Å². The fraction of sp³-hybridized carbons (Fsp3) is 0.714. The van der Waals surface area contributed by atoms with Gasteiger partial charge in [0.2, 0.25) is 0 Å². The second-order valence-electron chi connectivity index (χ2n) is 7.74. The van der Waals surface area contributed by atoms with Crippen LogP contribution in [0.3, 0.4) is 0 Å². The molecule has 170 valence electrons. The summed E-state index contributed by atoms with van der Waals surface area (Å²) in [5.41, 5.74) is 0.0714. The zero-order valence-corrected chi connectivity index (χ0v) is 17.0. The summed E-state index contributed by atoms with van der Waals surface area (Å²) in [7, 11) is 0. The summed E-state index contributed by atoms with van der Waals surface area (Å²) in [5, 5.41) is 0. The van der Waals surface area contributed by atoms with Crippen LogP contribution in [0.15, 0.2) is 12.1 Å². The van der Waals surface area contributed by atoms with Crippen LogP contribution >= 0.6 is 0 Å². The molecular formula is C21H28F4O5. The van der Waals surface area contributed by atoms with E-state index in [4.69, 9.17) is 18.9 Å². The van der Waals surface area contributed by atoms with Crippen LogP contribution in [0.4, 0.5) is 17.6 Å². The Bertz CT molecular complexity index is 636. The van der Waals surface area contributed by atoms with E-state index < -0.39 is 30.3 Å². The van der Waals surface area contributed by atoms with Crippen molar-refractivity contribution in [1.82, 2.24) is 0 Å². The van der Waals surface area contributed by atoms with Crippen LogP contribution in [0, 0.1) is 23.5 Å². The highest BCUT2D eigenvalue weighted by atomic mass is 19.3. The fourth-order valence-corrected chi connectivity index (χ4v) is 3.60. The molecule has 2 fully saturated rings. The lowest BCUT2D eigenvalue weighted by Gasteiger charge is -2.32. The van der Waals surface area contributed by atoms with Gasteiger partial charge in [-0.25, -0.2) is 8.78 Å². The Hall–Kier alpha value is -1.42. The molecule has 0 atom stereocenters. The van der Waals surface area contributed by atoms with E-state index in [2.05, 4.69) is 11.7 Å². The van der Waals surface area contributed by atoms with Crippen molar-refractivity contribution < 1.29 is 41.2 Å². The SMILES string of the molecule is CCCC[C@H]1CO[C@H](CC[C@H]2CO[C@H](c3cc(F)c(OC(F)F)c(F)c3)OC2)OC1. The van der Waals surface area contributed by atoms with Crippen molar-refractivity contribution >= 4 is 0 Å². The zero-order valence-electron chi connectivity index (χ0n) is 17.0. The van der Waals surface area contributed by atoms with Crippen LogP contribution < -0.4 is 4.74 Å². The molecule has 0 saturated carbocycles. The lowest BCUT2D eigenvalue weighted by Crippen LogP contribution is -2.33. The van der Waals surface area contributed by atoms with Gasteiger partial charge in [-0.3, -0.25) is 0 Å². The van der Waals surface area contributed by atoms with E-state index in [1.165, 1.54) is 6.42 Å². The molecule has 2 aliphatic heterocycles. The van der Waals surface area contributed by atoms with Gasteiger partial charge < -0.3 is 23.7 Å². The second-order valence-corrected chi connectivity index (χ2v) is 7.74. The molecule has 0 amide bonds. The maximum absolute atomic E-state index is 13.9. The highest BCUT2D eigenvalue weighted by molar-refractivity contribution is 5.32. The van der Waals surface area contributed by atoms with E-state index in [1.54, 1.807) is 0 Å². The quantitative estimate of drug-likeness (QED) is 0.499. The van der Waals surface area contributed by atoms with Crippen molar-refractivity contribution in [1.29, 1.82) is 0 Å². The average molecular weight is 436 g/mol. The normalized spacial score (nSPS) is 27.4. The Balaban J connectivity index is 1.41. The van der Waals surface area contributed by atoms with Crippen molar-refractivity contribution in [2.45, 2.75) is 58.2 Å². The molecule has 0 aromatic heterocycles. The van der Waals surface area contributed by atoms with Crippen LogP contribution in [0.2, 0.25) is 0 Å². The molecule has 2 heterocycles. The molecule has 5 nitrogen and oxygen atoms in total.